The van der Waals surface area contributed by atoms with Gasteiger partial charge in [0.05, 0.1) is 45.9 Å². The molecule has 0 amide bonds. The van der Waals surface area contributed by atoms with Crippen LogP contribution in [0.1, 0.15) is 43.7 Å². The first-order valence-electron chi connectivity index (χ1n) is 18.1. The molecule has 1 fully saturated rings. The molecular weight excluding hydrogens is 721 g/mol. The second-order valence-corrected chi connectivity index (χ2v) is 19.8. The van der Waals surface area contributed by atoms with Gasteiger partial charge in [-0.25, -0.2) is 4.79 Å². The molecule has 6 rings (SSSR count). The van der Waals surface area contributed by atoms with E-state index < -0.39 is 49.7 Å². The number of methoxy groups -OCH3 is 4. The fourth-order valence-corrected chi connectivity index (χ4v) is 8.12. The third-order valence-corrected chi connectivity index (χ3v) is 15.4. The third-order valence-electron chi connectivity index (χ3n) is 10.9. The van der Waals surface area contributed by atoms with E-state index in [-0.39, 0.29) is 22.5 Å². The molecule has 0 spiro atoms. The second-order valence-electron chi connectivity index (χ2n) is 15.1. The average Bonchev–Trinajstić information content (AvgIpc) is 3.47. The van der Waals surface area contributed by atoms with Gasteiger partial charge in [-0.1, -0.05) is 75.4 Å². The molecule has 0 unspecified atom stereocenters. The van der Waals surface area contributed by atoms with Crippen molar-refractivity contribution in [3.63, 3.8) is 0 Å². The minimum absolute atomic E-state index is 0.130. The van der Waals surface area contributed by atoms with Crippen molar-refractivity contribution >= 4 is 19.2 Å². The molecule has 0 radical (unpaired) electrons. The van der Waals surface area contributed by atoms with Crippen LogP contribution in [0.4, 0.5) is 0 Å². The Morgan fingerprint density at radius 2 is 1.29 bits per heavy atom. The molecule has 1 saturated heterocycles. The maximum atomic E-state index is 13.9. The van der Waals surface area contributed by atoms with Crippen LogP contribution in [0.2, 0.25) is 18.1 Å². The maximum absolute atomic E-state index is 13.9. The SMILES string of the molecule is COc1ccc(C(OC[C@H]2O[C@@H](n3c(=O)[nH]c(=O)c4cc(OC)c(OC)cc43)[C@H](O[Si](C)(C)C(C)(C)C)[C@@H]2O)(c2ccccc2)c2ccc(OC)cc2)cc1. The number of fused-ring (bicyclic) bond motifs is 1. The molecule has 2 heterocycles. The van der Waals surface area contributed by atoms with Crippen LogP contribution in [0.25, 0.3) is 10.9 Å². The summed E-state index contributed by atoms with van der Waals surface area (Å²) in [6, 6.07) is 28.1. The number of aliphatic hydroxyl groups is 1. The van der Waals surface area contributed by atoms with E-state index in [1.807, 2.05) is 78.9 Å². The van der Waals surface area contributed by atoms with Crippen LogP contribution >= 0.6 is 0 Å². The lowest BCUT2D eigenvalue weighted by molar-refractivity contribution is -0.0947. The molecule has 4 atom stereocenters. The Bertz CT molecular complexity index is 2170. The predicted molar refractivity (Wildman–Crippen MR) is 212 cm³/mol. The highest BCUT2D eigenvalue weighted by Gasteiger charge is 2.52. The number of aromatic amines is 1. The number of hydrogen-bond acceptors (Lipinski definition) is 10. The van der Waals surface area contributed by atoms with Crippen molar-refractivity contribution in [2.75, 3.05) is 35.0 Å². The fourth-order valence-electron chi connectivity index (χ4n) is 6.83. The lowest BCUT2D eigenvalue weighted by Gasteiger charge is -2.40. The largest absolute Gasteiger partial charge is 0.497 e. The number of ether oxygens (including phenoxy) is 6. The molecule has 55 heavy (non-hydrogen) atoms. The molecule has 0 aliphatic carbocycles. The molecule has 5 aromatic rings. The molecule has 1 aliphatic rings. The summed E-state index contributed by atoms with van der Waals surface area (Å²) in [4.78, 5) is 29.5. The summed E-state index contributed by atoms with van der Waals surface area (Å²) in [7, 11) is 3.54. The Morgan fingerprint density at radius 3 is 1.80 bits per heavy atom. The van der Waals surface area contributed by atoms with Gasteiger partial charge in [-0.3, -0.25) is 14.3 Å². The number of benzene rings is 4. The van der Waals surface area contributed by atoms with Gasteiger partial charge in [0.2, 0.25) is 0 Å². The maximum Gasteiger partial charge on any atom is 0.331 e. The van der Waals surface area contributed by atoms with E-state index in [0.717, 1.165) is 16.7 Å². The summed E-state index contributed by atoms with van der Waals surface area (Å²) in [5.74, 6) is 1.97. The van der Waals surface area contributed by atoms with E-state index in [9.17, 15) is 14.7 Å². The van der Waals surface area contributed by atoms with E-state index in [4.69, 9.17) is 32.8 Å². The molecule has 4 aromatic carbocycles. The molecule has 2 N–H and O–H groups in total. The zero-order chi connectivity index (χ0) is 39.7. The Labute approximate surface area is 321 Å². The van der Waals surface area contributed by atoms with E-state index >= 15 is 0 Å². The van der Waals surface area contributed by atoms with Crippen molar-refractivity contribution < 1.29 is 38.0 Å². The molecule has 0 bridgehead atoms. The first kappa shape index (κ1) is 39.8. The topological polar surface area (TPSA) is 140 Å². The highest BCUT2D eigenvalue weighted by atomic mass is 28.4. The minimum atomic E-state index is -2.62. The van der Waals surface area contributed by atoms with Gasteiger partial charge in [0, 0.05) is 6.07 Å². The molecule has 12 nitrogen and oxygen atoms in total. The van der Waals surface area contributed by atoms with Crippen LogP contribution in [0.15, 0.2) is 101 Å². The van der Waals surface area contributed by atoms with E-state index in [1.54, 1.807) is 20.3 Å². The van der Waals surface area contributed by atoms with Crippen molar-refractivity contribution in [2.45, 2.75) is 69.0 Å². The number of nitrogens with zero attached hydrogens (tertiary/aromatic N) is 1. The second kappa shape index (κ2) is 15.7. The van der Waals surface area contributed by atoms with Gasteiger partial charge in [-0.05, 0) is 65.2 Å². The van der Waals surface area contributed by atoms with Crippen LogP contribution < -0.4 is 30.2 Å². The smallest absolute Gasteiger partial charge is 0.331 e. The van der Waals surface area contributed by atoms with Crippen LogP contribution in [0.3, 0.4) is 0 Å². The molecule has 1 aromatic heterocycles. The Kier molecular flexibility index (Phi) is 11.3. The monoisotopic (exact) mass is 770 g/mol. The van der Waals surface area contributed by atoms with Crippen LogP contribution in [0.5, 0.6) is 23.0 Å². The average molecular weight is 771 g/mol. The van der Waals surface area contributed by atoms with Gasteiger partial charge in [0.25, 0.3) is 5.56 Å². The number of nitrogens with one attached hydrogen (secondary N) is 1. The van der Waals surface area contributed by atoms with Crippen molar-refractivity contribution in [1.29, 1.82) is 0 Å². The Hall–Kier alpha value is -4.92. The molecule has 292 valence electrons. The van der Waals surface area contributed by atoms with Crippen LogP contribution in [-0.2, 0) is 19.5 Å². The first-order chi connectivity index (χ1) is 26.2. The normalized spacial score (nSPS) is 19.0. The van der Waals surface area contributed by atoms with Gasteiger partial charge >= 0.3 is 5.69 Å². The van der Waals surface area contributed by atoms with Gasteiger partial charge in [0.1, 0.15) is 35.4 Å². The summed E-state index contributed by atoms with van der Waals surface area (Å²) in [6.45, 7) is 10.3. The van der Waals surface area contributed by atoms with Crippen LogP contribution in [0, 0.1) is 0 Å². The lowest BCUT2D eigenvalue weighted by atomic mass is 9.80. The highest BCUT2D eigenvalue weighted by molar-refractivity contribution is 6.74. The van der Waals surface area contributed by atoms with Gasteiger partial charge in [-0.2, -0.15) is 0 Å². The molecule has 13 heteroatoms. The summed E-state index contributed by atoms with van der Waals surface area (Å²) >= 11 is 0. The highest BCUT2D eigenvalue weighted by Crippen LogP contribution is 2.45. The number of hydrogen-bond donors (Lipinski definition) is 2. The van der Waals surface area contributed by atoms with Crippen molar-refractivity contribution in [2.24, 2.45) is 0 Å². The van der Waals surface area contributed by atoms with E-state index in [1.165, 1.54) is 24.9 Å². The Balaban J connectivity index is 1.50. The summed E-state index contributed by atoms with van der Waals surface area (Å²) in [5.41, 5.74) is 0.101. The lowest BCUT2D eigenvalue weighted by Crippen LogP contribution is -2.50. The molecule has 1 aliphatic heterocycles. The van der Waals surface area contributed by atoms with Crippen molar-refractivity contribution in [3.8, 4) is 23.0 Å². The molecular formula is C42H50N2O10Si. The Morgan fingerprint density at radius 1 is 0.764 bits per heavy atom. The summed E-state index contributed by atoms with van der Waals surface area (Å²) in [5, 5.41) is 12.2. The van der Waals surface area contributed by atoms with Crippen LogP contribution in [-0.4, -0.2) is 76.3 Å². The first-order valence-corrected chi connectivity index (χ1v) is 21.0. The van der Waals surface area contributed by atoms with Crippen molar-refractivity contribution in [3.05, 3.63) is 129 Å². The number of rotatable bonds is 13. The summed E-state index contributed by atoms with van der Waals surface area (Å²) < 4.78 is 44.1. The predicted octanol–water partition coefficient (Wildman–Crippen LogP) is 6.38. The fraction of sp³-hybridized carbons (Fsp3) is 0.381. The van der Waals surface area contributed by atoms with Gasteiger partial charge in [-0.15, -0.1) is 0 Å². The third kappa shape index (κ3) is 7.42. The van der Waals surface area contributed by atoms with Gasteiger partial charge < -0.3 is 38.0 Å². The summed E-state index contributed by atoms with van der Waals surface area (Å²) in [6.07, 6.45) is -4.44. The van der Waals surface area contributed by atoms with Gasteiger partial charge in [0.15, 0.2) is 26.0 Å². The zero-order valence-corrected chi connectivity index (χ0v) is 33.7. The van der Waals surface area contributed by atoms with Crippen molar-refractivity contribution in [1.82, 2.24) is 9.55 Å². The molecule has 0 saturated carbocycles. The quantitative estimate of drug-likeness (QED) is 0.102. The standard InChI is InChI=1S/C42H50N2O10Si/c1-41(2,3)55(8,9)54-37-36(45)35(53-39(37)44-32-24-34(51-7)33(50-6)23-31(32)38(46)43-40(44)47)25-52-42(26-13-11-10-12-14-26,27-15-19-29(48-4)20-16-27)28-17-21-30(49-5)22-18-28/h10-24,35-37,39,45H,25H2,1-9H3,(H,43,46,47)/t35-,36-,37-,39-/m1/s1. The number of aliphatic hydroxyl groups excluding tert-OH is 1. The van der Waals surface area contributed by atoms with E-state index in [0.29, 0.717) is 23.0 Å². The van der Waals surface area contributed by atoms with E-state index in [2.05, 4.69) is 38.8 Å². The number of aromatic nitrogens is 2. The zero-order valence-electron chi connectivity index (χ0n) is 32.7. The minimum Gasteiger partial charge on any atom is -0.497 e. The number of H-pyrrole nitrogens is 1.